The molecule has 4 rings (SSSR count). The van der Waals surface area contributed by atoms with E-state index in [1.54, 1.807) is 23.0 Å². The van der Waals surface area contributed by atoms with E-state index in [1.807, 2.05) is 35.7 Å². The number of phenolic OH excluding ortho intramolecular Hbond substituents is 1. The average molecular weight is 368 g/mol. The molecular weight excluding hydrogens is 348 g/mol. The van der Waals surface area contributed by atoms with Crippen molar-refractivity contribution in [3.05, 3.63) is 53.3 Å². The number of amides is 1. The molecule has 1 aliphatic rings. The van der Waals surface area contributed by atoms with Crippen molar-refractivity contribution in [2.75, 3.05) is 13.1 Å². The Morgan fingerprint density at radius 2 is 1.96 bits per heavy atom. The number of thiazole rings is 1. The van der Waals surface area contributed by atoms with Crippen LogP contribution in [0.2, 0.25) is 0 Å². The molecule has 1 amide bonds. The van der Waals surface area contributed by atoms with Crippen molar-refractivity contribution in [2.45, 2.75) is 18.8 Å². The van der Waals surface area contributed by atoms with Crippen molar-refractivity contribution < 1.29 is 9.90 Å². The third-order valence-electron chi connectivity index (χ3n) is 4.82. The molecule has 134 valence electrons. The summed E-state index contributed by atoms with van der Waals surface area (Å²) in [4.78, 5) is 19.1. The minimum absolute atomic E-state index is 0.000506. The molecule has 0 unspecified atom stereocenters. The molecule has 1 fully saturated rings. The molecule has 26 heavy (non-hydrogen) atoms. The van der Waals surface area contributed by atoms with Crippen LogP contribution in [-0.4, -0.2) is 43.8 Å². The fraction of sp³-hybridized carbons (Fsp3) is 0.316. The Balaban J connectivity index is 1.40. The maximum atomic E-state index is 12.8. The van der Waals surface area contributed by atoms with Gasteiger partial charge in [-0.2, -0.15) is 5.10 Å². The second kappa shape index (κ2) is 6.92. The van der Waals surface area contributed by atoms with Crippen LogP contribution >= 0.6 is 11.3 Å². The van der Waals surface area contributed by atoms with Gasteiger partial charge in [0.05, 0.1) is 6.20 Å². The molecule has 3 aromatic rings. The fourth-order valence-corrected chi connectivity index (χ4v) is 4.13. The molecule has 2 aromatic heterocycles. The van der Waals surface area contributed by atoms with Crippen molar-refractivity contribution in [3.63, 3.8) is 0 Å². The van der Waals surface area contributed by atoms with Gasteiger partial charge in [-0.1, -0.05) is 12.1 Å². The standard InChI is InChI=1S/C19H20N4O2S/c1-22-11-15(10-20-22)18-21-17(12-26-18)19(25)23-8-6-14(7-9-23)13-2-4-16(24)5-3-13/h2-5,10-12,14,24H,6-9H2,1H3. The molecule has 0 aliphatic carbocycles. The molecule has 3 heterocycles. The van der Waals surface area contributed by atoms with Gasteiger partial charge in [-0.15, -0.1) is 11.3 Å². The molecule has 1 aliphatic heterocycles. The lowest BCUT2D eigenvalue weighted by Crippen LogP contribution is -2.38. The predicted molar refractivity (Wildman–Crippen MR) is 100 cm³/mol. The Bertz CT molecular complexity index is 908. The Morgan fingerprint density at radius 3 is 2.62 bits per heavy atom. The second-order valence-corrected chi connectivity index (χ2v) is 7.46. The molecule has 0 radical (unpaired) electrons. The van der Waals surface area contributed by atoms with E-state index < -0.39 is 0 Å². The number of carbonyl (C=O) groups is 1. The lowest BCUT2D eigenvalue weighted by Gasteiger charge is -2.31. The number of aryl methyl sites for hydroxylation is 1. The number of hydrogen-bond acceptors (Lipinski definition) is 5. The summed E-state index contributed by atoms with van der Waals surface area (Å²) in [7, 11) is 1.86. The third kappa shape index (κ3) is 3.35. The van der Waals surface area contributed by atoms with E-state index in [4.69, 9.17) is 0 Å². The monoisotopic (exact) mass is 368 g/mol. The van der Waals surface area contributed by atoms with Gasteiger partial charge >= 0.3 is 0 Å². The van der Waals surface area contributed by atoms with Gasteiger partial charge in [0.2, 0.25) is 0 Å². The zero-order chi connectivity index (χ0) is 18.1. The summed E-state index contributed by atoms with van der Waals surface area (Å²) in [6, 6.07) is 7.39. The van der Waals surface area contributed by atoms with Gasteiger partial charge in [0.1, 0.15) is 16.5 Å². The minimum atomic E-state index is 0.000506. The molecule has 1 aromatic carbocycles. The normalized spacial score (nSPS) is 15.3. The SMILES string of the molecule is Cn1cc(-c2nc(C(=O)N3CCC(c4ccc(O)cc4)CC3)cs2)cn1. The summed E-state index contributed by atoms with van der Waals surface area (Å²) in [5.41, 5.74) is 2.67. The molecule has 6 nitrogen and oxygen atoms in total. The van der Waals surface area contributed by atoms with Crippen molar-refractivity contribution in [1.29, 1.82) is 0 Å². The van der Waals surface area contributed by atoms with Crippen molar-refractivity contribution in [3.8, 4) is 16.3 Å². The van der Waals surface area contributed by atoms with Crippen LogP contribution in [0.5, 0.6) is 5.75 Å². The Labute approximate surface area is 155 Å². The zero-order valence-corrected chi connectivity index (χ0v) is 15.3. The molecule has 0 atom stereocenters. The van der Waals surface area contributed by atoms with Crippen LogP contribution in [0.15, 0.2) is 42.0 Å². The van der Waals surface area contributed by atoms with E-state index in [0.29, 0.717) is 11.6 Å². The van der Waals surface area contributed by atoms with Crippen LogP contribution in [0.1, 0.15) is 34.8 Å². The minimum Gasteiger partial charge on any atom is -0.508 e. The molecule has 0 saturated carbocycles. The number of carbonyl (C=O) groups excluding carboxylic acids is 1. The Morgan fingerprint density at radius 1 is 1.23 bits per heavy atom. The summed E-state index contributed by atoms with van der Waals surface area (Å²) in [5, 5.41) is 16.2. The first-order chi connectivity index (χ1) is 12.6. The van der Waals surface area contributed by atoms with Gasteiger partial charge in [-0.05, 0) is 36.5 Å². The summed E-state index contributed by atoms with van der Waals surface area (Å²) in [6.45, 7) is 1.45. The van der Waals surface area contributed by atoms with Crippen LogP contribution in [-0.2, 0) is 7.05 Å². The maximum Gasteiger partial charge on any atom is 0.273 e. The molecule has 0 bridgehead atoms. The zero-order valence-electron chi connectivity index (χ0n) is 14.5. The number of piperidine rings is 1. The first-order valence-electron chi connectivity index (χ1n) is 8.63. The number of aromatic hydroxyl groups is 1. The van der Waals surface area contributed by atoms with Crippen LogP contribution in [0.4, 0.5) is 0 Å². The first kappa shape index (κ1) is 16.8. The predicted octanol–water partition coefficient (Wildman–Crippen LogP) is 3.27. The van der Waals surface area contributed by atoms with E-state index in [1.165, 1.54) is 16.9 Å². The number of rotatable bonds is 3. The summed E-state index contributed by atoms with van der Waals surface area (Å²) in [5.74, 6) is 0.718. The van der Waals surface area contributed by atoms with E-state index in [0.717, 1.165) is 36.5 Å². The van der Waals surface area contributed by atoms with Crippen molar-refractivity contribution in [1.82, 2.24) is 19.7 Å². The smallest absolute Gasteiger partial charge is 0.273 e. The molecule has 1 N–H and O–H groups in total. The number of likely N-dealkylation sites (tertiary alicyclic amines) is 1. The molecule has 0 spiro atoms. The van der Waals surface area contributed by atoms with Gasteiger partial charge in [0, 0.05) is 37.3 Å². The highest BCUT2D eigenvalue weighted by Crippen LogP contribution is 2.30. The highest BCUT2D eigenvalue weighted by molar-refractivity contribution is 7.13. The van der Waals surface area contributed by atoms with Gasteiger partial charge < -0.3 is 10.0 Å². The molecule has 7 heteroatoms. The molecular formula is C19H20N4O2S. The van der Waals surface area contributed by atoms with Crippen LogP contribution < -0.4 is 0 Å². The molecule has 1 saturated heterocycles. The van der Waals surface area contributed by atoms with Gasteiger partial charge in [-0.25, -0.2) is 4.98 Å². The lowest BCUT2D eigenvalue weighted by atomic mass is 9.89. The van der Waals surface area contributed by atoms with Gasteiger partial charge in [0.25, 0.3) is 5.91 Å². The van der Waals surface area contributed by atoms with E-state index in [9.17, 15) is 9.90 Å². The Kier molecular flexibility index (Phi) is 4.46. The number of aromatic nitrogens is 3. The van der Waals surface area contributed by atoms with E-state index in [2.05, 4.69) is 10.1 Å². The quantitative estimate of drug-likeness (QED) is 0.770. The second-order valence-electron chi connectivity index (χ2n) is 6.60. The van der Waals surface area contributed by atoms with Crippen LogP contribution in [0.3, 0.4) is 0 Å². The van der Waals surface area contributed by atoms with E-state index in [-0.39, 0.29) is 11.7 Å². The summed E-state index contributed by atoms with van der Waals surface area (Å²) in [6.07, 6.45) is 5.51. The van der Waals surface area contributed by atoms with Crippen LogP contribution in [0.25, 0.3) is 10.6 Å². The topological polar surface area (TPSA) is 71.2 Å². The summed E-state index contributed by atoms with van der Waals surface area (Å²) < 4.78 is 1.73. The van der Waals surface area contributed by atoms with Gasteiger partial charge in [0.15, 0.2) is 0 Å². The first-order valence-corrected chi connectivity index (χ1v) is 9.51. The number of nitrogens with zero attached hydrogens (tertiary/aromatic N) is 4. The summed E-state index contributed by atoms with van der Waals surface area (Å²) >= 11 is 1.47. The number of hydrogen-bond donors (Lipinski definition) is 1. The lowest BCUT2D eigenvalue weighted by molar-refractivity contribution is 0.0708. The van der Waals surface area contributed by atoms with Gasteiger partial charge in [-0.3, -0.25) is 9.48 Å². The Hall–Kier alpha value is -2.67. The van der Waals surface area contributed by atoms with Crippen molar-refractivity contribution >= 4 is 17.2 Å². The number of benzene rings is 1. The largest absolute Gasteiger partial charge is 0.508 e. The highest BCUT2D eigenvalue weighted by atomic mass is 32.1. The maximum absolute atomic E-state index is 12.8. The average Bonchev–Trinajstić information content (AvgIpc) is 3.31. The fourth-order valence-electron chi connectivity index (χ4n) is 3.36. The third-order valence-corrected chi connectivity index (χ3v) is 5.71. The highest BCUT2D eigenvalue weighted by Gasteiger charge is 2.26. The van der Waals surface area contributed by atoms with Crippen LogP contribution in [0, 0.1) is 0 Å². The van der Waals surface area contributed by atoms with Crippen molar-refractivity contribution in [2.24, 2.45) is 7.05 Å². The number of phenols is 1. The van der Waals surface area contributed by atoms with E-state index >= 15 is 0 Å².